The van der Waals surface area contributed by atoms with E-state index < -0.39 is 23.3 Å². The first-order chi connectivity index (χ1) is 16.1. The maximum Gasteiger partial charge on any atom is 0.435 e. The lowest BCUT2D eigenvalue weighted by atomic mass is 10.2. The van der Waals surface area contributed by atoms with Crippen molar-refractivity contribution in [3.63, 3.8) is 0 Å². The predicted octanol–water partition coefficient (Wildman–Crippen LogP) is 3.50. The molecule has 3 amide bonds. The van der Waals surface area contributed by atoms with Gasteiger partial charge in [-0.05, 0) is 19.1 Å². The van der Waals surface area contributed by atoms with Crippen LogP contribution in [0.4, 0.5) is 18.0 Å². The van der Waals surface area contributed by atoms with Gasteiger partial charge in [0.05, 0.1) is 28.5 Å². The molecule has 8 nitrogen and oxygen atoms in total. The van der Waals surface area contributed by atoms with E-state index in [-0.39, 0.29) is 19.1 Å². The molecule has 12 heteroatoms. The van der Waals surface area contributed by atoms with Gasteiger partial charge in [0.15, 0.2) is 5.69 Å². The van der Waals surface area contributed by atoms with Crippen LogP contribution in [0.1, 0.15) is 31.6 Å². The third kappa shape index (κ3) is 5.06. The molecular formula is C22H23F3N6O2S. The summed E-state index contributed by atoms with van der Waals surface area (Å²) in [4.78, 5) is 34.0. The maximum absolute atomic E-state index is 13.5. The fraction of sp³-hybridized carbons (Fsp3) is 0.364. The van der Waals surface area contributed by atoms with Crippen LogP contribution in [-0.4, -0.2) is 63.2 Å². The van der Waals surface area contributed by atoms with Crippen LogP contribution in [0.15, 0.2) is 36.5 Å². The summed E-state index contributed by atoms with van der Waals surface area (Å²) in [5, 5.41) is 7.01. The van der Waals surface area contributed by atoms with Crippen LogP contribution in [0, 0.1) is 6.92 Å². The Morgan fingerprint density at radius 1 is 1.24 bits per heavy atom. The van der Waals surface area contributed by atoms with E-state index in [1.807, 2.05) is 6.92 Å². The Labute approximate surface area is 198 Å². The standard InChI is InChI=1S/C22H23F3N6O2S/c1-14-27-17-8-10-30(13-18(17)34-14)21(33)29(2)11-9-26-20(32)16-12-31(15-6-4-3-5-7-15)28-19(16)22(23,24)25/h3-7,12H,8-11,13H2,1-2H3,(H,26,32). The quantitative estimate of drug-likeness (QED) is 0.591. The van der Waals surface area contributed by atoms with E-state index in [1.165, 1.54) is 4.90 Å². The number of urea groups is 1. The number of alkyl halides is 3. The fourth-order valence-corrected chi connectivity index (χ4v) is 4.72. The zero-order valence-corrected chi connectivity index (χ0v) is 19.4. The molecule has 3 aromatic rings. The van der Waals surface area contributed by atoms with Gasteiger partial charge >= 0.3 is 12.2 Å². The summed E-state index contributed by atoms with van der Waals surface area (Å²) in [6, 6.07) is 8.02. The SMILES string of the molecule is Cc1nc2c(s1)CN(C(=O)N(C)CCNC(=O)c1cn(-c3ccccc3)nc1C(F)(F)F)CC2. The van der Waals surface area contributed by atoms with Crippen LogP contribution in [0.5, 0.6) is 0 Å². The number of amides is 3. The summed E-state index contributed by atoms with van der Waals surface area (Å²) in [5.74, 6) is -0.905. The molecule has 0 bridgehead atoms. The number of para-hydroxylation sites is 1. The number of hydrogen-bond donors (Lipinski definition) is 1. The Morgan fingerprint density at radius 2 is 1.97 bits per heavy atom. The van der Waals surface area contributed by atoms with Gasteiger partial charge < -0.3 is 15.1 Å². The summed E-state index contributed by atoms with van der Waals surface area (Å²) in [7, 11) is 1.59. The maximum atomic E-state index is 13.5. The second-order valence-corrected chi connectivity index (χ2v) is 9.19. The van der Waals surface area contributed by atoms with Crippen LogP contribution >= 0.6 is 11.3 Å². The van der Waals surface area contributed by atoms with Crippen molar-refractivity contribution < 1.29 is 22.8 Å². The minimum atomic E-state index is -4.79. The number of benzene rings is 1. The van der Waals surface area contributed by atoms with Gasteiger partial charge in [-0.15, -0.1) is 11.3 Å². The van der Waals surface area contributed by atoms with E-state index in [4.69, 9.17) is 0 Å². The van der Waals surface area contributed by atoms with Crippen molar-refractivity contribution in [1.82, 2.24) is 29.9 Å². The molecule has 0 saturated heterocycles. The molecular weight excluding hydrogens is 469 g/mol. The highest BCUT2D eigenvalue weighted by Crippen LogP contribution is 2.31. The molecule has 0 aliphatic carbocycles. The molecule has 1 aliphatic rings. The Bertz CT molecular complexity index is 1190. The molecule has 180 valence electrons. The number of hydrogen-bond acceptors (Lipinski definition) is 5. The first-order valence-corrected chi connectivity index (χ1v) is 11.4. The fourth-order valence-electron chi connectivity index (χ4n) is 3.72. The first kappa shape index (κ1) is 23.7. The highest BCUT2D eigenvalue weighted by atomic mass is 32.1. The second-order valence-electron chi connectivity index (χ2n) is 7.90. The zero-order valence-electron chi connectivity index (χ0n) is 18.6. The van der Waals surface area contributed by atoms with Gasteiger partial charge in [0.2, 0.25) is 0 Å². The van der Waals surface area contributed by atoms with Gasteiger partial charge in [0.25, 0.3) is 5.91 Å². The number of aromatic nitrogens is 3. The van der Waals surface area contributed by atoms with Gasteiger partial charge in [0, 0.05) is 44.2 Å². The van der Waals surface area contributed by atoms with E-state index in [0.717, 1.165) is 26.5 Å². The topological polar surface area (TPSA) is 83.4 Å². The van der Waals surface area contributed by atoms with Crippen molar-refractivity contribution in [3.8, 4) is 5.69 Å². The molecule has 3 heterocycles. The van der Waals surface area contributed by atoms with Crippen LogP contribution in [0.3, 0.4) is 0 Å². The number of nitrogens with one attached hydrogen (secondary N) is 1. The average molecular weight is 493 g/mol. The molecule has 2 aromatic heterocycles. The number of fused-ring (bicyclic) bond motifs is 1. The van der Waals surface area contributed by atoms with E-state index >= 15 is 0 Å². The molecule has 0 unspecified atom stereocenters. The molecule has 0 saturated carbocycles. The second kappa shape index (κ2) is 9.45. The predicted molar refractivity (Wildman–Crippen MR) is 120 cm³/mol. The number of carbonyl (C=O) groups is 2. The summed E-state index contributed by atoms with van der Waals surface area (Å²) in [6.45, 7) is 3.08. The van der Waals surface area contributed by atoms with Crippen LogP contribution in [0.2, 0.25) is 0 Å². The van der Waals surface area contributed by atoms with Crippen molar-refractivity contribution in [3.05, 3.63) is 63.4 Å². The normalized spacial score (nSPS) is 13.5. The molecule has 0 radical (unpaired) electrons. The molecule has 4 rings (SSSR count). The van der Waals surface area contributed by atoms with E-state index in [0.29, 0.717) is 25.2 Å². The van der Waals surface area contributed by atoms with Crippen molar-refractivity contribution >= 4 is 23.3 Å². The lowest BCUT2D eigenvalue weighted by Gasteiger charge is -2.30. The monoisotopic (exact) mass is 492 g/mol. The van der Waals surface area contributed by atoms with Crippen LogP contribution in [0.25, 0.3) is 5.69 Å². The number of rotatable bonds is 5. The van der Waals surface area contributed by atoms with Crippen molar-refractivity contribution in [1.29, 1.82) is 0 Å². The smallest absolute Gasteiger partial charge is 0.350 e. The van der Waals surface area contributed by atoms with Gasteiger partial charge in [-0.2, -0.15) is 18.3 Å². The molecule has 0 spiro atoms. The molecule has 1 aromatic carbocycles. The number of likely N-dealkylation sites (N-methyl/N-ethyl adjacent to an activating group) is 1. The van der Waals surface area contributed by atoms with E-state index in [1.54, 1.807) is 53.6 Å². The Morgan fingerprint density at radius 3 is 2.68 bits per heavy atom. The minimum Gasteiger partial charge on any atom is -0.350 e. The molecule has 0 fully saturated rings. The Kier molecular flexibility index (Phi) is 6.60. The largest absolute Gasteiger partial charge is 0.435 e. The molecule has 1 aliphatic heterocycles. The van der Waals surface area contributed by atoms with Gasteiger partial charge in [-0.3, -0.25) is 4.79 Å². The number of aryl methyl sites for hydroxylation is 1. The molecule has 1 N–H and O–H groups in total. The number of halogens is 3. The van der Waals surface area contributed by atoms with Crippen molar-refractivity contribution in [2.45, 2.75) is 26.1 Å². The van der Waals surface area contributed by atoms with Crippen molar-refractivity contribution in [2.75, 3.05) is 26.7 Å². The third-order valence-electron chi connectivity index (χ3n) is 5.42. The summed E-state index contributed by atoms with van der Waals surface area (Å²) >= 11 is 1.57. The van der Waals surface area contributed by atoms with Crippen LogP contribution in [-0.2, 0) is 19.1 Å². The lowest BCUT2D eigenvalue weighted by Crippen LogP contribution is -2.45. The Balaban J connectivity index is 1.37. The summed E-state index contributed by atoms with van der Waals surface area (Å²) in [6.07, 6.45) is -3.05. The zero-order chi connectivity index (χ0) is 24.5. The molecule has 0 atom stereocenters. The Hall–Kier alpha value is -3.41. The number of nitrogens with zero attached hydrogens (tertiary/aromatic N) is 5. The highest BCUT2D eigenvalue weighted by Gasteiger charge is 2.39. The minimum absolute atomic E-state index is 0.00631. The number of thiazole rings is 1. The van der Waals surface area contributed by atoms with Gasteiger partial charge in [-0.25, -0.2) is 14.5 Å². The summed E-state index contributed by atoms with van der Waals surface area (Å²) in [5.41, 5.74) is -0.409. The average Bonchev–Trinajstić information content (AvgIpc) is 3.41. The van der Waals surface area contributed by atoms with Crippen LogP contribution < -0.4 is 5.32 Å². The summed E-state index contributed by atoms with van der Waals surface area (Å²) < 4.78 is 41.5. The van der Waals surface area contributed by atoms with Gasteiger partial charge in [0.1, 0.15) is 0 Å². The lowest BCUT2D eigenvalue weighted by molar-refractivity contribution is -0.141. The third-order valence-corrected chi connectivity index (χ3v) is 6.41. The highest BCUT2D eigenvalue weighted by molar-refractivity contribution is 7.11. The van der Waals surface area contributed by atoms with Gasteiger partial charge in [-0.1, -0.05) is 18.2 Å². The first-order valence-electron chi connectivity index (χ1n) is 10.6. The molecule has 34 heavy (non-hydrogen) atoms. The van der Waals surface area contributed by atoms with E-state index in [9.17, 15) is 22.8 Å². The number of carbonyl (C=O) groups excluding carboxylic acids is 2. The van der Waals surface area contributed by atoms with E-state index in [2.05, 4.69) is 15.4 Å². The van der Waals surface area contributed by atoms with Crippen molar-refractivity contribution in [2.24, 2.45) is 0 Å².